The fourth-order valence-corrected chi connectivity index (χ4v) is 7.60. The molecule has 1 unspecified atom stereocenters. The summed E-state index contributed by atoms with van der Waals surface area (Å²) < 4.78 is 22.0. The van der Waals surface area contributed by atoms with Crippen LogP contribution in [0.4, 0.5) is 16.3 Å². The molecular weight excluding hydrogens is 518 g/mol. The number of pyridine rings is 1. The fraction of sp³-hybridized carbons (Fsp3) is 0.444. The minimum absolute atomic E-state index is 0.174. The predicted octanol–water partition coefficient (Wildman–Crippen LogP) is 3.40. The van der Waals surface area contributed by atoms with Crippen LogP contribution in [0.2, 0.25) is 0 Å². The van der Waals surface area contributed by atoms with E-state index in [4.69, 9.17) is 9.84 Å². The molecular formula is C27H33N7O4S. The van der Waals surface area contributed by atoms with Crippen LogP contribution in [-0.2, 0) is 26.5 Å². The normalized spacial score (nSPS) is 20.6. The molecule has 206 valence electrons. The zero-order valence-corrected chi connectivity index (χ0v) is 23.2. The summed E-state index contributed by atoms with van der Waals surface area (Å²) in [6, 6.07) is 9.66. The highest BCUT2D eigenvalue weighted by atomic mass is 32.2. The SMILES string of the molecule is C=S1(=O)c2ccc(Nc3nn(C4(CC#N)CCN(C(=O)OC)CC4)c4cc[nH]c(=O)c34)cc2CN1CC(C)C. The minimum atomic E-state index is -2.55. The molecule has 2 aliphatic heterocycles. The van der Waals surface area contributed by atoms with Crippen LogP contribution in [0, 0.1) is 17.2 Å². The number of H-pyrrole nitrogens is 1. The first-order chi connectivity index (χ1) is 18.6. The Labute approximate surface area is 227 Å². The van der Waals surface area contributed by atoms with E-state index in [0.29, 0.717) is 67.3 Å². The van der Waals surface area contributed by atoms with Gasteiger partial charge in [0, 0.05) is 43.0 Å². The molecule has 1 amide bonds. The maximum absolute atomic E-state index is 13.4. The van der Waals surface area contributed by atoms with Crippen LogP contribution in [-0.4, -0.2) is 66.9 Å². The topological polar surface area (TPSA) is 136 Å². The number of anilines is 2. The van der Waals surface area contributed by atoms with Gasteiger partial charge in [-0.25, -0.2) is 13.3 Å². The Balaban J connectivity index is 1.52. The van der Waals surface area contributed by atoms with Gasteiger partial charge in [0.05, 0.1) is 40.4 Å². The molecule has 4 heterocycles. The van der Waals surface area contributed by atoms with Gasteiger partial charge in [-0.05, 0) is 54.5 Å². The van der Waals surface area contributed by atoms with Crippen LogP contribution in [0.15, 0.2) is 40.2 Å². The second-order valence-electron chi connectivity index (χ2n) is 10.6. The Hall–Kier alpha value is -3.82. The van der Waals surface area contributed by atoms with Crippen LogP contribution in [0.25, 0.3) is 10.9 Å². The van der Waals surface area contributed by atoms with Gasteiger partial charge >= 0.3 is 6.09 Å². The van der Waals surface area contributed by atoms with Crippen molar-refractivity contribution >= 4 is 44.1 Å². The summed E-state index contributed by atoms with van der Waals surface area (Å²) in [6.07, 6.45) is 2.31. The molecule has 0 saturated carbocycles. The molecule has 0 radical (unpaired) electrons. The molecule has 39 heavy (non-hydrogen) atoms. The van der Waals surface area contributed by atoms with Crippen molar-refractivity contribution in [2.45, 2.75) is 50.1 Å². The van der Waals surface area contributed by atoms with Crippen molar-refractivity contribution in [3.05, 3.63) is 46.4 Å². The number of hydrogen-bond acceptors (Lipinski definition) is 7. The van der Waals surface area contributed by atoms with E-state index in [1.807, 2.05) is 22.5 Å². The van der Waals surface area contributed by atoms with E-state index >= 15 is 0 Å². The molecule has 0 bridgehead atoms. The number of nitrogens with one attached hydrogen (secondary N) is 2. The van der Waals surface area contributed by atoms with Crippen LogP contribution in [0.5, 0.6) is 0 Å². The maximum atomic E-state index is 13.4. The third-order valence-electron chi connectivity index (χ3n) is 7.59. The summed E-state index contributed by atoms with van der Waals surface area (Å²) in [6.45, 7) is 6.20. The molecule has 1 atom stereocenters. The largest absolute Gasteiger partial charge is 0.453 e. The molecule has 1 aromatic carbocycles. The first kappa shape index (κ1) is 26.8. The van der Waals surface area contributed by atoms with Gasteiger partial charge in [0.15, 0.2) is 5.82 Å². The standard InChI is InChI=1S/C27H33N7O4S/c1-18(2)16-33-17-19-15-20(5-6-22(19)39(33,4)37)30-24-23-21(7-12-29-25(23)35)34(31-24)27(8-11-28)9-13-32(14-10-27)26(36)38-3/h5-7,12,15,18H,4,8-10,13-14,16-17H2,1-3H3,(H,29,35)(H,30,31). The van der Waals surface area contributed by atoms with Crippen LogP contribution < -0.4 is 10.9 Å². The van der Waals surface area contributed by atoms with E-state index in [0.717, 1.165) is 10.5 Å². The van der Waals surface area contributed by atoms with E-state index < -0.39 is 21.3 Å². The zero-order valence-electron chi connectivity index (χ0n) is 22.4. The van der Waals surface area contributed by atoms with Crippen molar-refractivity contribution in [2.24, 2.45) is 5.92 Å². The number of hydrogen-bond donors (Lipinski definition) is 2. The van der Waals surface area contributed by atoms with Crippen molar-refractivity contribution in [1.29, 1.82) is 5.26 Å². The number of aromatic amines is 1. The van der Waals surface area contributed by atoms with Crippen molar-refractivity contribution in [3.63, 3.8) is 0 Å². The number of rotatable bonds is 6. The third kappa shape index (κ3) is 4.66. The van der Waals surface area contributed by atoms with Gasteiger partial charge in [-0.15, -0.1) is 0 Å². The van der Waals surface area contributed by atoms with Crippen molar-refractivity contribution < 1.29 is 13.7 Å². The molecule has 2 aromatic heterocycles. The molecule has 1 saturated heterocycles. The number of carbonyl (C=O) groups excluding carboxylic acids is 1. The van der Waals surface area contributed by atoms with E-state index in [2.05, 4.69) is 36.1 Å². The van der Waals surface area contributed by atoms with E-state index in [1.54, 1.807) is 21.8 Å². The summed E-state index contributed by atoms with van der Waals surface area (Å²) in [4.78, 5) is 30.1. The Morgan fingerprint density at radius 1 is 1.33 bits per heavy atom. The van der Waals surface area contributed by atoms with E-state index in [-0.39, 0.29) is 12.0 Å². The highest BCUT2D eigenvalue weighted by Gasteiger charge is 2.40. The number of amides is 1. The number of benzene rings is 1. The van der Waals surface area contributed by atoms with E-state index in [1.165, 1.54) is 7.11 Å². The second-order valence-corrected chi connectivity index (χ2v) is 12.9. The molecule has 0 spiro atoms. The van der Waals surface area contributed by atoms with Crippen molar-refractivity contribution in [2.75, 3.05) is 32.1 Å². The summed E-state index contributed by atoms with van der Waals surface area (Å²) in [5.74, 6) is 4.74. The van der Waals surface area contributed by atoms with Gasteiger partial charge in [-0.1, -0.05) is 13.8 Å². The Bertz CT molecular complexity index is 1630. The fourth-order valence-electron chi connectivity index (χ4n) is 5.63. The lowest BCUT2D eigenvalue weighted by Crippen LogP contribution is -2.48. The van der Waals surface area contributed by atoms with Crippen molar-refractivity contribution in [3.8, 4) is 6.07 Å². The van der Waals surface area contributed by atoms with Crippen LogP contribution >= 0.6 is 0 Å². The number of nitriles is 1. The quantitative estimate of drug-likeness (QED) is 0.448. The maximum Gasteiger partial charge on any atom is 0.409 e. The Kier molecular flexibility index (Phi) is 6.90. The molecule has 2 N–H and O–H groups in total. The third-order valence-corrected chi connectivity index (χ3v) is 9.79. The molecule has 5 rings (SSSR count). The monoisotopic (exact) mass is 551 g/mol. The number of fused-ring (bicyclic) bond motifs is 2. The number of nitrogens with zero attached hydrogens (tertiary/aromatic N) is 5. The lowest BCUT2D eigenvalue weighted by molar-refractivity contribution is 0.0794. The molecule has 3 aromatic rings. The van der Waals surface area contributed by atoms with Gasteiger partial charge in [-0.2, -0.15) is 10.4 Å². The van der Waals surface area contributed by atoms with Crippen LogP contribution in [0.3, 0.4) is 0 Å². The molecule has 11 nitrogen and oxygen atoms in total. The molecule has 12 heteroatoms. The highest BCUT2D eigenvalue weighted by Crippen LogP contribution is 2.38. The average Bonchev–Trinajstić information content (AvgIpc) is 3.39. The Morgan fingerprint density at radius 3 is 2.74 bits per heavy atom. The number of piperidine rings is 1. The number of carbonyl (C=O) groups is 1. The number of methoxy groups -OCH3 is 1. The first-order valence-electron chi connectivity index (χ1n) is 12.9. The van der Waals surface area contributed by atoms with Gasteiger partial charge in [0.25, 0.3) is 5.56 Å². The summed E-state index contributed by atoms with van der Waals surface area (Å²) in [5.41, 5.74) is 1.24. The van der Waals surface area contributed by atoms with E-state index in [9.17, 15) is 19.1 Å². The predicted molar refractivity (Wildman–Crippen MR) is 150 cm³/mol. The van der Waals surface area contributed by atoms with Gasteiger partial charge in [0.1, 0.15) is 5.39 Å². The van der Waals surface area contributed by atoms with Gasteiger partial charge < -0.3 is 19.9 Å². The van der Waals surface area contributed by atoms with Crippen LogP contribution in [0.1, 0.15) is 38.7 Å². The average molecular weight is 552 g/mol. The first-order valence-corrected chi connectivity index (χ1v) is 14.6. The van der Waals surface area contributed by atoms with Crippen molar-refractivity contribution in [1.82, 2.24) is 24.0 Å². The zero-order chi connectivity index (χ0) is 27.9. The molecule has 1 fully saturated rings. The highest BCUT2D eigenvalue weighted by molar-refractivity contribution is 7.98. The number of aromatic nitrogens is 3. The minimum Gasteiger partial charge on any atom is -0.453 e. The lowest BCUT2D eigenvalue weighted by atomic mass is 9.85. The van der Waals surface area contributed by atoms with Gasteiger partial charge in [0.2, 0.25) is 0 Å². The molecule has 2 aliphatic rings. The summed E-state index contributed by atoms with van der Waals surface area (Å²) >= 11 is 0. The lowest BCUT2D eigenvalue weighted by Gasteiger charge is -2.40. The summed E-state index contributed by atoms with van der Waals surface area (Å²) in [5, 5.41) is 18.3. The smallest absolute Gasteiger partial charge is 0.409 e. The second kappa shape index (κ2) is 10.1. The Morgan fingerprint density at radius 2 is 2.08 bits per heavy atom. The summed E-state index contributed by atoms with van der Waals surface area (Å²) in [7, 11) is -1.20. The molecule has 0 aliphatic carbocycles. The number of ether oxygens (including phenoxy) is 1. The number of likely N-dealkylation sites (tertiary alicyclic amines) is 1. The van der Waals surface area contributed by atoms with Gasteiger partial charge in [-0.3, -0.25) is 9.48 Å².